The Kier molecular flexibility index (Phi) is 4.37. The number of aliphatic imine (C=N–C) groups is 1. The maximum absolute atomic E-state index is 10.0. The third-order valence-electron chi connectivity index (χ3n) is 5.14. The molecule has 6 heteroatoms. The van der Waals surface area contributed by atoms with Crippen molar-refractivity contribution in [1.82, 2.24) is 14.4 Å². The van der Waals surface area contributed by atoms with Crippen LogP contribution in [0.2, 0.25) is 0 Å². The van der Waals surface area contributed by atoms with Crippen molar-refractivity contribution in [3.05, 3.63) is 72.2 Å². The van der Waals surface area contributed by atoms with Gasteiger partial charge in [-0.25, -0.2) is 9.97 Å². The van der Waals surface area contributed by atoms with Gasteiger partial charge in [0.05, 0.1) is 17.0 Å². The van der Waals surface area contributed by atoms with E-state index in [0.717, 1.165) is 40.3 Å². The third kappa shape index (κ3) is 3.69. The molecule has 2 aromatic heterocycles. The van der Waals surface area contributed by atoms with Gasteiger partial charge < -0.3 is 14.8 Å². The lowest BCUT2D eigenvalue weighted by Crippen LogP contribution is -2.21. The number of hydrogen-bond acceptors (Lipinski definition) is 5. The van der Waals surface area contributed by atoms with Crippen molar-refractivity contribution in [1.29, 1.82) is 0 Å². The number of aliphatic hydroxyl groups is 1. The first-order valence-electron chi connectivity index (χ1n) is 10.0. The zero-order valence-electron chi connectivity index (χ0n) is 17.0. The molecular weight excluding hydrogens is 374 g/mol. The Morgan fingerprint density at radius 1 is 1.13 bits per heavy atom. The highest BCUT2D eigenvalue weighted by Crippen LogP contribution is 2.30. The van der Waals surface area contributed by atoms with E-state index in [0.29, 0.717) is 12.2 Å². The summed E-state index contributed by atoms with van der Waals surface area (Å²) in [4.78, 5) is 13.7. The fraction of sp³-hybridized carbons (Fsp3) is 0.208. The Hall–Kier alpha value is -3.51. The molecule has 4 aromatic rings. The molecule has 0 spiro atoms. The summed E-state index contributed by atoms with van der Waals surface area (Å²) in [5, 5.41) is 13.4. The van der Waals surface area contributed by atoms with Crippen LogP contribution >= 0.6 is 0 Å². The molecule has 6 nitrogen and oxygen atoms in total. The van der Waals surface area contributed by atoms with Gasteiger partial charge in [0.2, 0.25) is 0 Å². The second kappa shape index (κ2) is 7.07. The van der Waals surface area contributed by atoms with Crippen LogP contribution in [-0.4, -0.2) is 31.3 Å². The zero-order chi connectivity index (χ0) is 20.7. The lowest BCUT2D eigenvalue weighted by molar-refractivity contribution is 0.0810. The minimum atomic E-state index is -0.728. The Bertz CT molecular complexity index is 1250. The summed E-state index contributed by atoms with van der Waals surface area (Å²) < 4.78 is 1.98. The Morgan fingerprint density at radius 2 is 1.97 bits per heavy atom. The van der Waals surface area contributed by atoms with Gasteiger partial charge in [-0.15, -0.1) is 0 Å². The molecule has 5 rings (SSSR count). The van der Waals surface area contributed by atoms with Gasteiger partial charge in [-0.3, -0.25) is 4.99 Å². The smallest absolute Gasteiger partial charge is 0.180 e. The molecule has 0 aliphatic carbocycles. The molecular formula is C24H23N5O. The molecule has 0 radical (unpaired) electrons. The highest BCUT2D eigenvalue weighted by atomic mass is 16.3. The minimum Gasteiger partial charge on any atom is -0.390 e. The van der Waals surface area contributed by atoms with Gasteiger partial charge >= 0.3 is 0 Å². The average molecular weight is 397 g/mol. The quantitative estimate of drug-likeness (QED) is 0.511. The number of anilines is 2. The van der Waals surface area contributed by atoms with Crippen LogP contribution in [-0.2, 0) is 12.8 Å². The lowest BCUT2D eigenvalue weighted by atomic mass is 9.99. The molecule has 1 aliphatic rings. The van der Waals surface area contributed by atoms with Crippen LogP contribution in [0.25, 0.3) is 16.9 Å². The first-order chi connectivity index (χ1) is 14.4. The van der Waals surface area contributed by atoms with E-state index in [1.54, 1.807) is 6.20 Å². The number of benzene rings is 2. The highest BCUT2D eigenvalue weighted by molar-refractivity contribution is 5.79. The van der Waals surface area contributed by atoms with E-state index in [9.17, 15) is 5.11 Å². The zero-order valence-corrected chi connectivity index (χ0v) is 17.0. The SMILES string of the molecule is CC(C)(O)Cc1ccc(Nc2nc(-c3ccc4c(c3)CC=N4)cn3ccnc23)cc1. The number of imidazole rings is 1. The molecule has 150 valence electrons. The topological polar surface area (TPSA) is 74.8 Å². The number of aromatic nitrogens is 3. The number of nitrogens with zero attached hydrogens (tertiary/aromatic N) is 4. The van der Waals surface area contributed by atoms with Crippen LogP contribution in [0.5, 0.6) is 0 Å². The van der Waals surface area contributed by atoms with Gasteiger partial charge in [0.15, 0.2) is 11.5 Å². The van der Waals surface area contributed by atoms with Crippen LogP contribution in [0.15, 0.2) is 66.0 Å². The molecule has 3 heterocycles. The fourth-order valence-corrected chi connectivity index (χ4v) is 3.77. The predicted molar refractivity (Wildman–Crippen MR) is 120 cm³/mol. The van der Waals surface area contributed by atoms with E-state index >= 15 is 0 Å². The first-order valence-corrected chi connectivity index (χ1v) is 10.0. The van der Waals surface area contributed by atoms with Crippen molar-refractivity contribution in [3.8, 4) is 11.3 Å². The standard InChI is InChI=1S/C24H23N5O/c1-24(2,30)14-16-3-6-19(7-4-16)27-22-23-26-11-12-29(23)15-21(28-22)17-5-8-20-18(13-17)9-10-25-20/h3-8,10-13,15,30H,9,14H2,1-2H3,(H,27,28). The van der Waals surface area contributed by atoms with E-state index in [2.05, 4.69) is 27.4 Å². The van der Waals surface area contributed by atoms with E-state index in [1.165, 1.54) is 5.56 Å². The molecule has 2 aromatic carbocycles. The summed E-state index contributed by atoms with van der Waals surface area (Å²) in [6, 6.07) is 14.3. The Balaban J connectivity index is 1.48. The first kappa shape index (κ1) is 18.5. The van der Waals surface area contributed by atoms with Crippen molar-refractivity contribution in [2.75, 3.05) is 5.32 Å². The van der Waals surface area contributed by atoms with Crippen LogP contribution in [0.3, 0.4) is 0 Å². The number of rotatable bonds is 5. The van der Waals surface area contributed by atoms with Crippen LogP contribution in [0, 0.1) is 0 Å². The summed E-state index contributed by atoms with van der Waals surface area (Å²) in [5.41, 5.74) is 6.23. The summed E-state index contributed by atoms with van der Waals surface area (Å²) in [5.74, 6) is 0.699. The molecule has 1 aliphatic heterocycles. The molecule has 30 heavy (non-hydrogen) atoms. The van der Waals surface area contributed by atoms with Gasteiger partial charge in [0.1, 0.15) is 0 Å². The molecule has 0 fully saturated rings. The molecule has 2 N–H and O–H groups in total. The van der Waals surface area contributed by atoms with Gasteiger partial charge in [-0.2, -0.15) is 0 Å². The molecule has 0 atom stereocenters. The predicted octanol–water partition coefficient (Wildman–Crippen LogP) is 4.71. The monoisotopic (exact) mass is 397 g/mol. The van der Waals surface area contributed by atoms with Gasteiger partial charge in [0, 0.05) is 48.9 Å². The highest BCUT2D eigenvalue weighted by Gasteiger charge is 2.14. The van der Waals surface area contributed by atoms with E-state index < -0.39 is 5.60 Å². The van der Waals surface area contributed by atoms with E-state index in [4.69, 9.17) is 4.98 Å². The van der Waals surface area contributed by atoms with Gasteiger partial charge in [0.25, 0.3) is 0 Å². The van der Waals surface area contributed by atoms with Crippen molar-refractivity contribution in [3.63, 3.8) is 0 Å². The van der Waals surface area contributed by atoms with Crippen molar-refractivity contribution in [2.24, 2.45) is 4.99 Å². The van der Waals surface area contributed by atoms with E-state index in [-0.39, 0.29) is 0 Å². The van der Waals surface area contributed by atoms with Gasteiger partial charge in [-0.05, 0) is 49.2 Å². The normalized spacial score (nSPS) is 13.0. The maximum Gasteiger partial charge on any atom is 0.180 e. The third-order valence-corrected chi connectivity index (χ3v) is 5.14. The van der Waals surface area contributed by atoms with E-state index in [1.807, 2.05) is 67.2 Å². The van der Waals surface area contributed by atoms with Crippen LogP contribution < -0.4 is 5.32 Å². The van der Waals surface area contributed by atoms with Gasteiger partial charge in [-0.1, -0.05) is 18.2 Å². The van der Waals surface area contributed by atoms with Crippen LogP contribution in [0.1, 0.15) is 25.0 Å². The number of hydrogen-bond donors (Lipinski definition) is 2. The van der Waals surface area contributed by atoms with Crippen molar-refractivity contribution >= 4 is 29.1 Å². The maximum atomic E-state index is 10.0. The fourth-order valence-electron chi connectivity index (χ4n) is 3.77. The largest absolute Gasteiger partial charge is 0.390 e. The lowest BCUT2D eigenvalue weighted by Gasteiger charge is -2.17. The molecule has 0 unspecified atom stereocenters. The molecule has 0 bridgehead atoms. The second-order valence-electron chi connectivity index (χ2n) is 8.30. The van der Waals surface area contributed by atoms with Crippen molar-refractivity contribution in [2.45, 2.75) is 32.3 Å². The van der Waals surface area contributed by atoms with Crippen LogP contribution in [0.4, 0.5) is 17.2 Å². The minimum absolute atomic E-state index is 0.605. The summed E-state index contributed by atoms with van der Waals surface area (Å²) in [7, 11) is 0. The molecule has 0 saturated heterocycles. The summed E-state index contributed by atoms with van der Waals surface area (Å²) >= 11 is 0. The average Bonchev–Trinajstić information content (AvgIpc) is 3.36. The summed E-state index contributed by atoms with van der Waals surface area (Å²) in [6.07, 6.45) is 9.10. The Morgan fingerprint density at radius 3 is 2.77 bits per heavy atom. The number of nitrogens with one attached hydrogen (secondary N) is 1. The second-order valence-corrected chi connectivity index (χ2v) is 8.30. The molecule has 0 amide bonds. The van der Waals surface area contributed by atoms with Crippen molar-refractivity contribution < 1.29 is 5.11 Å². The number of fused-ring (bicyclic) bond motifs is 2. The molecule has 0 saturated carbocycles. The Labute approximate surface area is 175 Å². The summed E-state index contributed by atoms with van der Waals surface area (Å²) in [6.45, 7) is 3.63.